The number of hydrazine groups is 1. The molecule has 98 valence electrons. The van der Waals surface area contributed by atoms with E-state index in [2.05, 4.69) is 5.43 Å². The van der Waals surface area contributed by atoms with Crippen molar-refractivity contribution in [3.8, 4) is 0 Å². The van der Waals surface area contributed by atoms with Gasteiger partial charge in [0.15, 0.2) is 0 Å². The number of hydrogen-bond donors (Lipinski definition) is 2. The quantitative estimate of drug-likeness (QED) is 0.837. The van der Waals surface area contributed by atoms with Gasteiger partial charge in [-0.2, -0.15) is 0 Å². The van der Waals surface area contributed by atoms with Crippen LogP contribution in [0.1, 0.15) is 24.8 Å². The van der Waals surface area contributed by atoms with Gasteiger partial charge in [-0.15, -0.1) is 0 Å². The summed E-state index contributed by atoms with van der Waals surface area (Å²) in [6, 6.07) is 9.40. The number of hydrogen-bond acceptors (Lipinski definition) is 3. The number of nitrogens with zero attached hydrogens (tertiary/aromatic N) is 1. The minimum absolute atomic E-state index is 0.0826. The highest BCUT2D eigenvalue weighted by atomic mass is 16.2. The van der Waals surface area contributed by atoms with Gasteiger partial charge in [0, 0.05) is 13.1 Å². The van der Waals surface area contributed by atoms with Crippen LogP contribution >= 0.6 is 0 Å². The summed E-state index contributed by atoms with van der Waals surface area (Å²) in [6.07, 6.45) is 4.13. The molecule has 1 heterocycles. The van der Waals surface area contributed by atoms with E-state index in [1.165, 1.54) is 6.42 Å². The summed E-state index contributed by atoms with van der Waals surface area (Å²) in [5, 5.41) is 1.98. The van der Waals surface area contributed by atoms with Gasteiger partial charge in [0.25, 0.3) is 5.91 Å². The highest BCUT2D eigenvalue weighted by Gasteiger charge is 2.18. The van der Waals surface area contributed by atoms with E-state index < -0.39 is 6.04 Å². The number of nitrogens with two attached hydrogens (primary N) is 1. The Morgan fingerprint density at radius 1 is 1.22 bits per heavy atom. The van der Waals surface area contributed by atoms with Crippen molar-refractivity contribution in [1.29, 1.82) is 0 Å². The fourth-order valence-corrected chi connectivity index (χ4v) is 2.21. The summed E-state index contributed by atoms with van der Waals surface area (Å²) in [5.41, 5.74) is 9.93. The Bertz CT molecular complexity index is 374. The molecule has 0 spiro atoms. The summed E-state index contributed by atoms with van der Waals surface area (Å²) < 4.78 is 0. The molecule has 1 aliphatic heterocycles. The second kappa shape index (κ2) is 6.52. The number of carbonyl (C=O) groups is 1. The monoisotopic (exact) mass is 247 g/mol. The first-order valence-electron chi connectivity index (χ1n) is 6.60. The molecule has 1 fully saturated rings. The number of carbonyl (C=O) groups excluding carboxylic acids is 1. The standard InChI is InChI=1S/C14H21N3O/c15-13(11-12-7-3-1-4-8-12)14(18)16-17-9-5-2-6-10-17/h1,3-4,7-8,13H,2,5-6,9-11,15H2,(H,16,18). The predicted molar refractivity (Wildman–Crippen MR) is 71.7 cm³/mol. The van der Waals surface area contributed by atoms with Crippen LogP contribution in [0, 0.1) is 0 Å². The summed E-state index contributed by atoms with van der Waals surface area (Å²) in [5.74, 6) is -0.0826. The van der Waals surface area contributed by atoms with Crippen molar-refractivity contribution < 1.29 is 4.79 Å². The molecule has 0 aromatic heterocycles. The fraction of sp³-hybridized carbons (Fsp3) is 0.500. The molecule has 18 heavy (non-hydrogen) atoms. The van der Waals surface area contributed by atoms with Crippen molar-refractivity contribution in [1.82, 2.24) is 10.4 Å². The SMILES string of the molecule is NC(Cc1ccccc1)C(=O)NN1CCCCC1. The molecule has 1 amide bonds. The Morgan fingerprint density at radius 2 is 1.89 bits per heavy atom. The molecule has 4 nitrogen and oxygen atoms in total. The van der Waals surface area contributed by atoms with Crippen LogP contribution in [0.25, 0.3) is 0 Å². The zero-order valence-corrected chi connectivity index (χ0v) is 10.6. The number of piperidine rings is 1. The third-order valence-corrected chi connectivity index (χ3v) is 3.26. The van der Waals surface area contributed by atoms with Gasteiger partial charge in [0.05, 0.1) is 6.04 Å². The lowest BCUT2D eigenvalue weighted by atomic mass is 10.1. The smallest absolute Gasteiger partial charge is 0.251 e. The van der Waals surface area contributed by atoms with E-state index in [1.54, 1.807) is 0 Å². The van der Waals surface area contributed by atoms with Gasteiger partial charge < -0.3 is 5.73 Å². The van der Waals surface area contributed by atoms with Gasteiger partial charge in [-0.05, 0) is 24.8 Å². The van der Waals surface area contributed by atoms with E-state index in [0.29, 0.717) is 6.42 Å². The lowest BCUT2D eigenvalue weighted by molar-refractivity contribution is -0.127. The first-order chi connectivity index (χ1) is 8.75. The second-order valence-electron chi connectivity index (χ2n) is 4.82. The summed E-state index contributed by atoms with van der Waals surface area (Å²) in [7, 11) is 0. The number of nitrogens with one attached hydrogen (secondary N) is 1. The van der Waals surface area contributed by atoms with E-state index in [9.17, 15) is 4.79 Å². The Balaban J connectivity index is 1.81. The van der Waals surface area contributed by atoms with Gasteiger partial charge in [-0.1, -0.05) is 36.8 Å². The van der Waals surface area contributed by atoms with Gasteiger partial charge in [-0.3, -0.25) is 10.2 Å². The second-order valence-corrected chi connectivity index (χ2v) is 4.82. The maximum absolute atomic E-state index is 11.9. The Morgan fingerprint density at radius 3 is 2.56 bits per heavy atom. The molecule has 4 heteroatoms. The molecule has 1 aromatic carbocycles. The average Bonchev–Trinajstić information content (AvgIpc) is 2.41. The van der Waals surface area contributed by atoms with Crippen molar-refractivity contribution in [3.05, 3.63) is 35.9 Å². The van der Waals surface area contributed by atoms with Crippen LogP contribution in [0.15, 0.2) is 30.3 Å². The van der Waals surface area contributed by atoms with Gasteiger partial charge in [-0.25, -0.2) is 5.01 Å². The maximum atomic E-state index is 11.9. The molecular weight excluding hydrogens is 226 g/mol. The molecule has 0 radical (unpaired) electrons. The molecule has 1 unspecified atom stereocenters. The largest absolute Gasteiger partial charge is 0.320 e. The Kier molecular flexibility index (Phi) is 4.73. The maximum Gasteiger partial charge on any atom is 0.251 e. The van der Waals surface area contributed by atoms with E-state index in [0.717, 1.165) is 31.5 Å². The van der Waals surface area contributed by atoms with E-state index in [-0.39, 0.29) is 5.91 Å². The van der Waals surface area contributed by atoms with Crippen LogP contribution in [-0.4, -0.2) is 30.0 Å². The fourth-order valence-electron chi connectivity index (χ4n) is 2.21. The molecule has 1 atom stereocenters. The van der Waals surface area contributed by atoms with Gasteiger partial charge >= 0.3 is 0 Å². The number of amides is 1. The highest BCUT2D eigenvalue weighted by molar-refractivity contribution is 5.81. The first kappa shape index (κ1) is 13.1. The Hall–Kier alpha value is -1.39. The summed E-state index contributed by atoms with van der Waals surface area (Å²) in [6.45, 7) is 1.87. The molecule has 2 rings (SSSR count). The summed E-state index contributed by atoms with van der Waals surface area (Å²) in [4.78, 5) is 11.9. The highest BCUT2D eigenvalue weighted by Crippen LogP contribution is 2.06. The lowest BCUT2D eigenvalue weighted by Crippen LogP contribution is -2.51. The van der Waals surface area contributed by atoms with Gasteiger partial charge in [0.1, 0.15) is 0 Å². The molecule has 1 aliphatic rings. The van der Waals surface area contributed by atoms with Crippen molar-refractivity contribution >= 4 is 5.91 Å². The zero-order chi connectivity index (χ0) is 12.8. The average molecular weight is 247 g/mol. The molecule has 0 bridgehead atoms. The van der Waals surface area contributed by atoms with Crippen molar-refractivity contribution in [2.75, 3.05) is 13.1 Å². The first-order valence-corrected chi connectivity index (χ1v) is 6.60. The van der Waals surface area contributed by atoms with E-state index >= 15 is 0 Å². The third kappa shape index (κ3) is 3.82. The lowest BCUT2D eigenvalue weighted by Gasteiger charge is -2.28. The van der Waals surface area contributed by atoms with Crippen LogP contribution in [0.5, 0.6) is 0 Å². The van der Waals surface area contributed by atoms with E-state index in [1.807, 2.05) is 35.3 Å². The number of benzene rings is 1. The molecule has 0 saturated carbocycles. The molecule has 0 aliphatic carbocycles. The van der Waals surface area contributed by atoms with Crippen molar-refractivity contribution in [2.45, 2.75) is 31.7 Å². The van der Waals surface area contributed by atoms with Crippen LogP contribution in [-0.2, 0) is 11.2 Å². The zero-order valence-electron chi connectivity index (χ0n) is 10.6. The molecular formula is C14H21N3O. The van der Waals surface area contributed by atoms with Crippen LogP contribution < -0.4 is 11.2 Å². The minimum atomic E-state index is -0.477. The normalized spacial score (nSPS) is 18.3. The topological polar surface area (TPSA) is 58.4 Å². The summed E-state index contributed by atoms with van der Waals surface area (Å²) >= 11 is 0. The van der Waals surface area contributed by atoms with Crippen molar-refractivity contribution in [3.63, 3.8) is 0 Å². The Labute approximate surface area is 108 Å². The van der Waals surface area contributed by atoms with Crippen LogP contribution in [0.3, 0.4) is 0 Å². The van der Waals surface area contributed by atoms with Crippen LogP contribution in [0.4, 0.5) is 0 Å². The molecule has 1 saturated heterocycles. The minimum Gasteiger partial charge on any atom is -0.320 e. The van der Waals surface area contributed by atoms with E-state index in [4.69, 9.17) is 5.73 Å². The number of rotatable bonds is 4. The third-order valence-electron chi connectivity index (χ3n) is 3.26. The molecule has 1 aromatic rings. The molecule has 3 N–H and O–H groups in total. The van der Waals surface area contributed by atoms with Crippen LogP contribution in [0.2, 0.25) is 0 Å². The van der Waals surface area contributed by atoms with Gasteiger partial charge in [0.2, 0.25) is 0 Å². The van der Waals surface area contributed by atoms with Crippen molar-refractivity contribution in [2.24, 2.45) is 5.73 Å². The predicted octanol–water partition coefficient (Wildman–Crippen LogP) is 1.07.